The van der Waals surface area contributed by atoms with Gasteiger partial charge in [-0.2, -0.15) is 0 Å². The third-order valence-electron chi connectivity index (χ3n) is 7.22. The van der Waals surface area contributed by atoms with Crippen molar-refractivity contribution in [2.45, 2.75) is 22.9 Å². The minimum absolute atomic E-state index is 0.0914. The fraction of sp³-hybridized carbons (Fsp3) is 0.308. The molecule has 3 aliphatic rings. The van der Waals surface area contributed by atoms with Gasteiger partial charge in [0.05, 0.1) is 24.6 Å². The van der Waals surface area contributed by atoms with Gasteiger partial charge in [0.1, 0.15) is 13.3 Å². The molecular weight excluding hydrogens is 535 g/mol. The summed E-state index contributed by atoms with van der Waals surface area (Å²) in [5.41, 5.74) is 0.283. The van der Waals surface area contributed by atoms with E-state index in [1.807, 2.05) is 24.3 Å². The first kappa shape index (κ1) is 25.2. The van der Waals surface area contributed by atoms with Gasteiger partial charge in [-0.1, -0.05) is 24.3 Å². The SMILES string of the molecule is CP(C)(=O)c1cn2c(c(O)c1=O)C(=O)N1CCOCC1N2C1c2ccccc2SCc2c1ccc(F)c2F. The van der Waals surface area contributed by atoms with E-state index in [2.05, 4.69) is 0 Å². The minimum Gasteiger partial charge on any atom is -0.502 e. The highest BCUT2D eigenvalue weighted by Crippen LogP contribution is 2.45. The summed E-state index contributed by atoms with van der Waals surface area (Å²) >= 11 is 1.37. The molecule has 6 rings (SSSR count). The van der Waals surface area contributed by atoms with Crippen molar-refractivity contribution < 1.29 is 28.0 Å². The van der Waals surface area contributed by atoms with Crippen molar-refractivity contribution in [3.63, 3.8) is 0 Å². The van der Waals surface area contributed by atoms with Gasteiger partial charge in [0, 0.05) is 29.0 Å². The number of carbonyl (C=O) groups excluding carboxylic acids is 1. The number of carbonyl (C=O) groups is 1. The summed E-state index contributed by atoms with van der Waals surface area (Å²) in [6.07, 6.45) is 0.621. The molecule has 8 nitrogen and oxygen atoms in total. The highest BCUT2D eigenvalue weighted by molar-refractivity contribution is 7.98. The third-order valence-corrected chi connectivity index (χ3v) is 9.82. The lowest BCUT2D eigenvalue weighted by Crippen LogP contribution is -2.66. The zero-order chi connectivity index (χ0) is 26.9. The van der Waals surface area contributed by atoms with E-state index in [1.54, 1.807) is 5.01 Å². The molecule has 1 N–H and O–H groups in total. The number of morpholine rings is 1. The molecule has 12 heteroatoms. The van der Waals surface area contributed by atoms with Crippen LogP contribution in [-0.2, 0) is 15.1 Å². The Balaban J connectivity index is 1.71. The van der Waals surface area contributed by atoms with Crippen molar-refractivity contribution in [3.05, 3.63) is 86.8 Å². The molecule has 2 atom stereocenters. The first-order valence-corrected chi connectivity index (χ1v) is 15.6. The summed E-state index contributed by atoms with van der Waals surface area (Å²) in [6, 6.07) is 9.29. The van der Waals surface area contributed by atoms with Crippen molar-refractivity contribution in [3.8, 4) is 5.75 Å². The Morgan fingerprint density at radius 3 is 2.63 bits per heavy atom. The van der Waals surface area contributed by atoms with E-state index in [0.717, 1.165) is 16.5 Å². The maximum absolute atomic E-state index is 15.2. The van der Waals surface area contributed by atoms with Gasteiger partial charge in [0.2, 0.25) is 5.43 Å². The van der Waals surface area contributed by atoms with E-state index in [-0.39, 0.29) is 42.1 Å². The van der Waals surface area contributed by atoms with Crippen LogP contribution >= 0.6 is 18.9 Å². The number of aromatic nitrogens is 1. The number of thioether (sulfide) groups is 1. The number of fused-ring (bicyclic) bond motifs is 4. The topological polar surface area (TPSA) is 92.1 Å². The molecule has 198 valence electrons. The third kappa shape index (κ3) is 3.71. The van der Waals surface area contributed by atoms with E-state index in [1.165, 1.54) is 46.9 Å². The average Bonchev–Trinajstić information content (AvgIpc) is 3.05. The zero-order valence-electron chi connectivity index (χ0n) is 20.6. The molecular formula is C26H24F2N3O5PS. The molecule has 1 aromatic heterocycles. The highest BCUT2D eigenvalue weighted by atomic mass is 32.2. The van der Waals surface area contributed by atoms with Gasteiger partial charge >= 0.3 is 0 Å². The lowest BCUT2D eigenvalue weighted by Gasteiger charge is -2.51. The van der Waals surface area contributed by atoms with Gasteiger partial charge in [0.15, 0.2) is 23.1 Å². The molecule has 1 saturated heterocycles. The largest absolute Gasteiger partial charge is 0.502 e. The maximum atomic E-state index is 15.2. The number of aromatic hydroxyl groups is 1. The van der Waals surface area contributed by atoms with E-state index in [9.17, 15) is 23.7 Å². The molecule has 4 heterocycles. The maximum Gasteiger partial charge on any atom is 0.278 e. The van der Waals surface area contributed by atoms with Gasteiger partial charge in [0.25, 0.3) is 5.91 Å². The second kappa shape index (κ2) is 8.97. The minimum atomic E-state index is -3.20. The van der Waals surface area contributed by atoms with Gasteiger partial charge in [-0.25, -0.2) is 8.78 Å². The fourth-order valence-electron chi connectivity index (χ4n) is 5.41. The van der Waals surface area contributed by atoms with Crippen molar-refractivity contribution in [1.29, 1.82) is 0 Å². The second-order valence-electron chi connectivity index (χ2n) is 9.83. The van der Waals surface area contributed by atoms with Crippen LogP contribution in [-0.4, -0.2) is 59.8 Å². The molecule has 0 radical (unpaired) electrons. The van der Waals surface area contributed by atoms with Crippen LogP contribution in [0.4, 0.5) is 8.78 Å². The van der Waals surface area contributed by atoms with Crippen LogP contribution in [0.25, 0.3) is 0 Å². The zero-order valence-corrected chi connectivity index (χ0v) is 22.3. The molecule has 3 aliphatic heterocycles. The van der Waals surface area contributed by atoms with Crippen LogP contribution in [0, 0.1) is 11.6 Å². The highest BCUT2D eigenvalue weighted by Gasteiger charge is 2.47. The summed E-state index contributed by atoms with van der Waals surface area (Å²) in [5, 5.41) is 12.6. The van der Waals surface area contributed by atoms with Gasteiger partial charge in [-0.15, -0.1) is 11.8 Å². The van der Waals surface area contributed by atoms with Crippen molar-refractivity contribution in [1.82, 2.24) is 9.58 Å². The molecule has 0 aliphatic carbocycles. The molecule has 0 spiro atoms. The summed E-state index contributed by atoms with van der Waals surface area (Å²) in [6.45, 7) is 3.36. The quantitative estimate of drug-likeness (QED) is 0.482. The van der Waals surface area contributed by atoms with Crippen LogP contribution in [0.5, 0.6) is 5.75 Å². The van der Waals surface area contributed by atoms with E-state index in [0.29, 0.717) is 5.56 Å². The lowest BCUT2D eigenvalue weighted by atomic mass is 9.93. The van der Waals surface area contributed by atoms with E-state index >= 15 is 4.39 Å². The second-order valence-corrected chi connectivity index (χ2v) is 14.0. The molecule has 0 saturated carbocycles. The molecule has 1 amide bonds. The summed E-state index contributed by atoms with van der Waals surface area (Å²) in [5.74, 6) is -3.11. The molecule has 3 aromatic rings. The number of halogens is 2. The predicted octanol–water partition coefficient (Wildman–Crippen LogP) is 3.23. The number of ether oxygens (including phenoxy) is 1. The molecule has 0 bridgehead atoms. The van der Waals surface area contributed by atoms with Crippen LogP contribution in [0.2, 0.25) is 0 Å². The predicted molar refractivity (Wildman–Crippen MR) is 140 cm³/mol. The molecule has 2 unspecified atom stereocenters. The number of benzene rings is 2. The summed E-state index contributed by atoms with van der Waals surface area (Å²) < 4.78 is 49.9. The molecule has 38 heavy (non-hydrogen) atoms. The van der Waals surface area contributed by atoms with Crippen LogP contribution in [0.15, 0.2) is 52.3 Å². The number of nitrogens with zero attached hydrogens (tertiary/aromatic N) is 3. The van der Waals surface area contributed by atoms with Crippen molar-refractivity contribution in [2.75, 3.05) is 38.1 Å². The number of hydrogen-bond donors (Lipinski definition) is 1. The van der Waals surface area contributed by atoms with Crippen LogP contribution in [0.1, 0.15) is 33.2 Å². The van der Waals surface area contributed by atoms with E-state index in [4.69, 9.17) is 4.74 Å². The lowest BCUT2D eigenvalue weighted by molar-refractivity contribution is -0.0197. The fourth-order valence-corrected chi connectivity index (χ4v) is 7.51. The van der Waals surface area contributed by atoms with Gasteiger partial charge in [-0.05, 0) is 36.6 Å². The standard InChI is InChI=1S/C26H24F2N3O5PS/c1-37(2,35)18-11-30-23(25(33)24(18)32)26(34)29-9-10-36-12-20(29)31(30)22-14-7-8-17(27)21(28)16(14)13-38-19-6-4-3-5-15(19)22/h3-8,11,20,22,33H,9-10,12-13H2,1-2H3. The smallest absolute Gasteiger partial charge is 0.278 e. The van der Waals surface area contributed by atoms with Gasteiger partial charge < -0.3 is 19.3 Å². The summed E-state index contributed by atoms with van der Waals surface area (Å²) in [7, 11) is -3.20. The average molecular weight is 560 g/mol. The van der Waals surface area contributed by atoms with Crippen LogP contribution < -0.4 is 15.7 Å². The number of rotatable bonds is 2. The van der Waals surface area contributed by atoms with Crippen LogP contribution in [0.3, 0.4) is 0 Å². The number of pyridine rings is 1. The normalized spacial score (nSPS) is 20.8. The van der Waals surface area contributed by atoms with E-state index < -0.39 is 48.1 Å². The Kier molecular flexibility index (Phi) is 5.93. The number of amides is 1. The molecule has 1 fully saturated rings. The first-order valence-electron chi connectivity index (χ1n) is 12.0. The Labute approximate surface area is 221 Å². The van der Waals surface area contributed by atoms with Gasteiger partial charge in [-0.3, -0.25) is 19.3 Å². The number of hydrogen-bond acceptors (Lipinski definition) is 7. The Morgan fingerprint density at radius 2 is 1.87 bits per heavy atom. The molecule has 2 aromatic carbocycles. The first-order chi connectivity index (χ1) is 18.1. The summed E-state index contributed by atoms with van der Waals surface area (Å²) in [4.78, 5) is 29.0. The monoisotopic (exact) mass is 559 g/mol. The Hall–Kier alpha value is -3.14. The Bertz CT molecular complexity index is 1610. The van der Waals surface area contributed by atoms with Crippen molar-refractivity contribution >= 4 is 30.1 Å². The Morgan fingerprint density at radius 1 is 1.11 bits per heavy atom. The van der Waals surface area contributed by atoms with Crippen molar-refractivity contribution in [2.24, 2.45) is 0 Å².